The van der Waals surface area contributed by atoms with Crippen LogP contribution in [0.5, 0.6) is 0 Å². The third-order valence-corrected chi connectivity index (χ3v) is 5.72. The summed E-state index contributed by atoms with van der Waals surface area (Å²) in [6, 6.07) is 0. The standard InChI is InChI=1S/C13H27N3O3S/c1-5-15(6-2)13(17)11-14(4)20(18,19)16-9-7-8-12(3)10-16/h12H,5-11H2,1-4H3/t12-/m0/s1. The Labute approximate surface area is 122 Å². The molecule has 0 spiro atoms. The Morgan fingerprint density at radius 3 is 2.40 bits per heavy atom. The normalized spacial score (nSPS) is 21.1. The predicted molar refractivity (Wildman–Crippen MR) is 79.4 cm³/mol. The van der Waals surface area contributed by atoms with Crippen LogP contribution >= 0.6 is 0 Å². The quantitative estimate of drug-likeness (QED) is 0.728. The zero-order valence-electron chi connectivity index (χ0n) is 13.0. The zero-order valence-corrected chi connectivity index (χ0v) is 13.8. The van der Waals surface area contributed by atoms with Crippen molar-refractivity contribution >= 4 is 16.1 Å². The molecule has 0 radical (unpaired) electrons. The molecular weight excluding hydrogens is 278 g/mol. The van der Waals surface area contributed by atoms with Crippen molar-refractivity contribution in [2.75, 3.05) is 39.8 Å². The second-order valence-electron chi connectivity index (χ2n) is 5.44. The smallest absolute Gasteiger partial charge is 0.282 e. The first-order valence-corrected chi connectivity index (χ1v) is 8.71. The number of rotatable bonds is 6. The number of nitrogens with zero attached hydrogens (tertiary/aromatic N) is 3. The van der Waals surface area contributed by atoms with Crippen LogP contribution in [0.4, 0.5) is 0 Å². The minimum absolute atomic E-state index is 0.0884. The van der Waals surface area contributed by atoms with Gasteiger partial charge in [0.15, 0.2) is 0 Å². The lowest BCUT2D eigenvalue weighted by molar-refractivity contribution is -0.130. The van der Waals surface area contributed by atoms with Crippen LogP contribution in [-0.2, 0) is 15.0 Å². The average Bonchev–Trinajstić information content (AvgIpc) is 2.40. The van der Waals surface area contributed by atoms with Gasteiger partial charge in [0.05, 0.1) is 6.54 Å². The second-order valence-corrected chi connectivity index (χ2v) is 7.47. The van der Waals surface area contributed by atoms with Crippen molar-refractivity contribution in [3.63, 3.8) is 0 Å². The van der Waals surface area contributed by atoms with Crippen molar-refractivity contribution in [3.05, 3.63) is 0 Å². The molecule has 0 N–H and O–H groups in total. The molecule has 0 aliphatic carbocycles. The van der Waals surface area contributed by atoms with Gasteiger partial charge >= 0.3 is 0 Å². The number of amides is 1. The Morgan fingerprint density at radius 2 is 1.90 bits per heavy atom. The van der Waals surface area contributed by atoms with Crippen molar-refractivity contribution in [2.24, 2.45) is 5.92 Å². The van der Waals surface area contributed by atoms with E-state index in [0.717, 1.165) is 12.8 Å². The Hall–Kier alpha value is -0.660. The monoisotopic (exact) mass is 305 g/mol. The third-order valence-electron chi connectivity index (χ3n) is 3.81. The summed E-state index contributed by atoms with van der Waals surface area (Å²) < 4.78 is 27.6. The summed E-state index contributed by atoms with van der Waals surface area (Å²) >= 11 is 0. The maximum absolute atomic E-state index is 12.4. The lowest BCUT2D eigenvalue weighted by Crippen LogP contribution is -2.49. The molecule has 1 amide bonds. The molecule has 1 aliphatic heterocycles. The van der Waals surface area contributed by atoms with Gasteiger partial charge in [-0.1, -0.05) is 6.92 Å². The SMILES string of the molecule is CCN(CC)C(=O)CN(C)S(=O)(=O)N1CCC[C@H](C)C1. The molecule has 1 fully saturated rings. The molecule has 6 nitrogen and oxygen atoms in total. The highest BCUT2D eigenvalue weighted by Gasteiger charge is 2.31. The average molecular weight is 305 g/mol. The summed E-state index contributed by atoms with van der Waals surface area (Å²) in [4.78, 5) is 13.7. The fourth-order valence-corrected chi connectivity index (χ4v) is 3.97. The Morgan fingerprint density at radius 1 is 1.30 bits per heavy atom. The molecule has 1 rings (SSSR count). The van der Waals surface area contributed by atoms with Gasteiger partial charge in [-0.2, -0.15) is 17.0 Å². The summed E-state index contributed by atoms with van der Waals surface area (Å²) in [5.41, 5.74) is 0. The summed E-state index contributed by atoms with van der Waals surface area (Å²) in [6.07, 6.45) is 1.95. The van der Waals surface area contributed by atoms with E-state index >= 15 is 0 Å². The van der Waals surface area contributed by atoms with Gasteiger partial charge in [0.25, 0.3) is 10.2 Å². The van der Waals surface area contributed by atoms with Crippen molar-refractivity contribution < 1.29 is 13.2 Å². The molecule has 1 saturated heterocycles. The molecule has 0 saturated carbocycles. The fourth-order valence-electron chi connectivity index (χ4n) is 2.50. The van der Waals surface area contributed by atoms with Crippen LogP contribution in [0.1, 0.15) is 33.6 Å². The number of hydrogen-bond donors (Lipinski definition) is 0. The zero-order chi connectivity index (χ0) is 15.3. The number of hydrogen-bond acceptors (Lipinski definition) is 3. The maximum atomic E-state index is 12.4. The first-order valence-electron chi connectivity index (χ1n) is 7.32. The molecule has 0 bridgehead atoms. The highest BCUT2D eigenvalue weighted by atomic mass is 32.2. The van der Waals surface area contributed by atoms with Crippen molar-refractivity contribution in [2.45, 2.75) is 33.6 Å². The van der Waals surface area contributed by atoms with Gasteiger partial charge in [-0.05, 0) is 32.6 Å². The van der Waals surface area contributed by atoms with Gasteiger partial charge in [0.2, 0.25) is 5.91 Å². The van der Waals surface area contributed by atoms with Crippen LogP contribution in [0.15, 0.2) is 0 Å². The molecule has 1 aliphatic rings. The van der Waals surface area contributed by atoms with Crippen LogP contribution < -0.4 is 0 Å². The molecule has 118 valence electrons. The third kappa shape index (κ3) is 4.17. The van der Waals surface area contributed by atoms with E-state index in [9.17, 15) is 13.2 Å². The van der Waals surface area contributed by atoms with E-state index < -0.39 is 10.2 Å². The van der Waals surface area contributed by atoms with Crippen LogP contribution in [-0.4, -0.2) is 67.6 Å². The van der Waals surface area contributed by atoms with E-state index in [4.69, 9.17) is 0 Å². The van der Waals surface area contributed by atoms with Crippen LogP contribution in [0, 0.1) is 5.92 Å². The number of carbonyl (C=O) groups excluding carboxylic acids is 1. The first-order chi connectivity index (χ1) is 9.32. The second kappa shape index (κ2) is 7.38. The lowest BCUT2D eigenvalue weighted by atomic mass is 10.0. The maximum Gasteiger partial charge on any atom is 0.282 e. The van der Waals surface area contributed by atoms with Crippen LogP contribution in [0.3, 0.4) is 0 Å². The van der Waals surface area contributed by atoms with Gasteiger partial charge < -0.3 is 4.90 Å². The van der Waals surface area contributed by atoms with Crippen molar-refractivity contribution in [3.8, 4) is 0 Å². The molecule has 0 aromatic rings. The van der Waals surface area contributed by atoms with E-state index in [0.29, 0.717) is 32.1 Å². The van der Waals surface area contributed by atoms with Gasteiger partial charge in [0.1, 0.15) is 0 Å². The van der Waals surface area contributed by atoms with Crippen LogP contribution in [0.2, 0.25) is 0 Å². The molecule has 0 unspecified atom stereocenters. The molecule has 1 heterocycles. The minimum Gasteiger partial charge on any atom is -0.342 e. The summed E-state index contributed by atoms with van der Waals surface area (Å²) in [7, 11) is -2.04. The molecule has 7 heteroatoms. The number of carbonyl (C=O) groups is 1. The fraction of sp³-hybridized carbons (Fsp3) is 0.923. The van der Waals surface area contributed by atoms with Gasteiger partial charge in [-0.3, -0.25) is 4.79 Å². The van der Waals surface area contributed by atoms with Crippen molar-refractivity contribution in [1.82, 2.24) is 13.5 Å². The molecular formula is C13H27N3O3S. The van der Waals surface area contributed by atoms with Gasteiger partial charge in [0, 0.05) is 33.2 Å². The number of likely N-dealkylation sites (N-methyl/N-ethyl adjacent to an activating group) is 2. The van der Waals surface area contributed by atoms with Gasteiger partial charge in [-0.15, -0.1) is 0 Å². The Bertz CT molecular complexity index is 421. The topological polar surface area (TPSA) is 60.9 Å². The summed E-state index contributed by atoms with van der Waals surface area (Å²) in [6.45, 7) is 8.05. The molecule has 0 aromatic heterocycles. The van der Waals surface area contributed by atoms with E-state index in [2.05, 4.69) is 6.92 Å². The van der Waals surface area contributed by atoms with E-state index in [-0.39, 0.29) is 12.5 Å². The molecule has 1 atom stereocenters. The van der Waals surface area contributed by atoms with E-state index in [1.54, 1.807) is 4.90 Å². The van der Waals surface area contributed by atoms with Crippen LogP contribution in [0.25, 0.3) is 0 Å². The lowest BCUT2D eigenvalue weighted by Gasteiger charge is -2.33. The highest BCUT2D eigenvalue weighted by Crippen LogP contribution is 2.19. The van der Waals surface area contributed by atoms with Gasteiger partial charge in [-0.25, -0.2) is 0 Å². The minimum atomic E-state index is -3.52. The predicted octanol–water partition coefficient (Wildman–Crippen LogP) is 0.763. The molecule has 0 aromatic carbocycles. The number of piperidine rings is 1. The first kappa shape index (κ1) is 17.4. The van der Waals surface area contributed by atoms with Crippen molar-refractivity contribution in [1.29, 1.82) is 0 Å². The largest absolute Gasteiger partial charge is 0.342 e. The van der Waals surface area contributed by atoms with E-state index in [1.807, 2.05) is 13.8 Å². The Kier molecular flexibility index (Phi) is 6.42. The summed E-state index contributed by atoms with van der Waals surface area (Å²) in [5, 5.41) is 0. The van der Waals surface area contributed by atoms with E-state index in [1.165, 1.54) is 15.7 Å². The Balaban J connectivity index is 2.69. The summed E-state index contributed by atoms with van der Waals surface area (Å²) in [5.74, 6) is 0.233. The molecule has 20 heavy (non-hydrogen) atoms. The highest BCUT2D eigenvalue weighted by molar-refractivity contribution is 7.86.